The number of nitrogens with two attached hydrogens (primary N) is 1. The highest BCUT2D eigenvalue weighted by molar-refractivity contribution is 6.04. The van der Waals surface area contributed by atoms with E-state index in [-0.39, 0.29) is 66.5 Å². The van der Waals surface area contributed by atoms with Crippen LogP contribution in [0.4, 0.5) is 4.79 Å². The predicted molar refractivity (Wildman–Crippen MR) is 270 cm³/mol. The number of nitrogens with one attached hydrogen (secondary N) is 9. The van der Waals surface area contributed by atoms with Crippen molar-refractivity contribution in [3.8, 4) is 0 Å². The molecule has 5 aromatic rings. The maximum atomic E-state index is 12.8. The molecule has 2 saturated heterocycles. The third-order valence-corrected chi connectivity index (χ3v) is 12.3. The van der Waals surface area contributed by atoms with E-state index in [0.717, 1.165) is 29.8 Å². The number of rotatable bonds is 16. The Bertz CT molecular complexity index is 2620. The molecular formula is C54H64N10O6. The summed E-state index contributed by atoms with van der Waals surface area (Å²) in [6.07, 6.45) is 0.691. The van der Waals surface area contributed by atoms with Crippen LogP contribution in [-0.2, 0) is 43.6 Å². The summed E-state index contributed by atoms with van der Waals surface area (Å²) in [6, 6.07) is 38.0. The van der Waals surface area contributed by atoms with Gasteiger partial charge >= 0.3 is 6.09 Å². The maximum absolute atomic E-state index is 12.8. The Morgan fingerprint density at radius 1 is 0.614 bits per heavy atom. The van der Waals surface area contributed by atoms with Gasteiger partial charge in [0.25, 0.3) is 0 Å². The van der Waals surface area contributed by atoms with Gasteiger partial charge in [-0.1, -0.05) is 139 Å². The van der Waals surface area contributed by atoms with Crippen molar-refractivity contribution in [1.29, 1.82) is 10.8 Å². The zero-order valence-corrected chi connectivity index (χ0v) is 40.1. The predicted octanol–water partition coefficient (Wildman–Crippen LogP) is 5.06. The molecule has 5 amide bonds. The Kier molecular flexibility index (Phi) is 18.5. The van der Waals surface area contributed by atoms with Crippen molar-refractivity contribution in [2.75, 3.05) is 13.1 Å². The van der Waals surface area contributed by atoms with Crippen LogP contribution in [0.15, 0.2) is 127 Å². The third-order valence-electron chi connectivity index (χ3n) is 12.3. The molecule has 16 heteroatoms. The minimum atomic E-state index is -0.709. The van der Waals surface area contributed by atoms with Crippen LogP contribution >= 0.6 is 0 Å². The van der Waals surface area contributed by atoms with Crippen LogP contribution in [0.5, 0.6) is 0 Å². The van der Waals surface area contributed by atoms with Crippen LogP contribution in [0.25, 0.3) is 0 Å². The van der Waals surface area contributed by atoms with E-state index < -0.39 is 18.2 Å². The lowest BCUT2D eigenvalue weighted by atomic mass is 9.95. The SMILES string of the molecule is Cc1cccc([C@@H]2CN[C@@H](C(=O)N[C@@H](C)C(=O)NCc3ccc(C(=N)N)cc3)C2)c1.Cc1cccc([C@@H]2CN[C@@H](C(=O)N[C@@H](C)C(=O)NCc3ccc(C(=N)NC(=O)OCc4ccccc4)cc3)C2)c1. The van der Waals surface area contributed by atoms with E-state index in [0.29, 0.717) is 36.4 Å². The number of hydrogen-bond donors (Lipinski definition) is 10. The molecule has 0 saturated carbocycles. The largest absolute Gasteiger partial charge is 0.444 e. The molecule has 0 aromatic heterocycles. The molecule has 2 heterocycles. The summed E-state index contributed by atoms with van der Waals surface area (Å²) in [4.78, 5) is 62.3. The molecule has 0 radical (unpaired) electrons. The summed E-state index contributed by atoms with van der Waals surface area (Å²) in [5.74, 6) is -0.396. The number of nitrogen functional groups attached to an aromatic ring is 1. The number of benzene rings is 5. The van der Waals surface area contributed by atoms with E-state index in [1.165, 1.54) is 22.3 Å². The molecule has 0 bridgehead atoms. The molecule has 70 heavy (non-hydrogen) atoms. The van der Waals surface area contributed by atoms with Gasteiger partial charge in [-0.3, -0.25) is 35.3 Å². The second-order valence-electron chi connectivity index (χ2n) is 17.9. The van der Waals surface area contributed by atoms with Gasteiger partial charge in [-0.25, -0.2) is 4.79 Å². The Labute approximate surface area is 409 Å². The Morgan fingerprint density at radius 3 is 1.51 bits per heavy atom. The fourth-order valence-corrected chi connectivity index (χ4v) is 8.20. The van der Waals surface area contributed by atoms with E-state index in [1.807, 2.05) is 54.6 Å². The van der Waals surface area contributed by atoms with Crippen molar-refractivity contribution in [2.45, 2.75) is 96.2 Å². The van der Waals surface area contributed by atoms with Crippen LogP contribution in [0.2, 0.25) is 0 Å². The number of amidine groups is 2. The van der Waals surface area contributed by atoms with Gasteiger partial charge in [-0.2, -0.15) is 0 Å². The lowest BCUT2D eigenvalue weighted by molar-refractivity contribution is -0.129. The summed E-state index contributed by atoms with van der Waals surface area (Å²) in [7, 11) is 0. The summed E-state index contributed by atoms with van der Waals surface area (Å²) in [5, 5.41) is 35.8. The van der Waals surface area contributed by atoms with Crippen LogP contribution in [0, 0.1) is 24.7 Å². The number of ether oxygens (including phenoxy) is 1. The van der Waals surface area contributed by atoms with Crippen LogP contribution in [0.3, 0.4) is 0 Å². The number of carbonyl (C=O) groups excluding carboxylic acids is 5. The number of amides is 5. The highest BCUT2D eigenvalue weighted by Crippen LogP contribution is 2.27. The summed E-state index contributed by atoms with van der Waals surface area (Å²) in [6.45, 7) is 9.64. The highest BCUT2D eigenvalue weighted by Gasteiger charge is 2.33. The lowest BCUT2D eigenvalue weighted by Crippen LogP contribution is -2.49. The first kappa shape index (κ1) is 51.7. The van der Waals surface area contributed by atoms with Gasteiger partial charge < -0.3 is 42.4 Å². The Morgan fingerprint density at radius 2 is 1.07 bits per heavy atom. The van der Waals surface area contributed by atoms with Gasteiger partial charge in [0.2, 0.25) is 23.6 Å². The Balaban J connectivity index is 0.000000239. The van der Waals surface area contributed by atoms with Crippen molar-refractivity contribution in [2.24, 2.45) is 5.73 Å². The average Bonchev–Trinajstić information content (AvgIpc) is 4.07. The minimum absolute atomic E-state index is 0.00656. The molecular weight excluding hydrogens is 885 g/mol. The molecule has 0 unspecified atom stereocenters. The van der Waals surface area contributed by atoms with Crippen LogP contribution < -0.4 is 43.0 Å². The van der Waals surface area contributed by atoms with Crippen molar-refractivity contribution in [3.05, 3.63) is 177 Å². The van der Waals surface area contributed by atoms with E-state index >= 15 is 0 Å². The Hall–Kier alpha value is -7.69. The quantitative estimate of drug-likeness (QED) is 0.0468. The van der Waals surface area contributed by atoms with Gasteiger partial charge in [-0.15, -0.1) is 0 Å². The number of alkyl carbamates (subject to hydrolysis) is 1. The second-order valence-corrected chi connectivity index (χ2v) is 17.9. The van der Waals surface area contributed by atoms with Crippen molar-refractivity contribution < 1.29 is 28.7 Å². The fraction of sp³-hybridized carbons (Fsp3) is 0.315. The molecule has 2 fully saturated rings. The smallest absolute Gasteiger partial charge is 0.413 e. The molecule has 16 nitrogen and oxygen atoms in total. The monoisotopic (exact) mass is 949 g/mol. The van der Waals surface area contributed by atoms with Gasteiger partial charge in [0.1, 0.15) is 30.4 Å². The van der Waals surface area contributed by atoms with Gasteiger partial charge in [0.15, 0.2) is 0 Å². The fourth-order valence-electron chi connectivity index (χ4n) is 8.20. The van der Waals surface area contributed by atoms with Crippen LogP contribution in [-0.4, -0.2) is 78.7 Å². The average molecular weight is 949 g/mol. The molecule has 2 aliphatic rings. The van der Waals surface area contributed by atoms with Gasteiger partial charge in [-0.05, 0) is 80.2 Å². The van der Waals surface area contributed by atoms with Gasteiger partial charge in [0, 0.05) is 37.3 Å². The second kappa shape index (κ2) is 25.1. The van der Waals surface area contributed by atoms with Crippen molar-refractivity contribution in [1.82, 2.24) is 37.2 Å². The van der Waals surface area contributed by atoms with E-state index in [2.05, 4.69) is 87.5 Å². The lowest BCUT2D eigenvalue weighted by Gasteiger charge is -2.17. The maximum Gasteiger partial charge on any atom is 0.413 e. The van der Waals surface area contributed by atoms with Gasteiger partial charge in [0.05, 0.1) is 12.1 Å². The summed E-state index contributed by atoms with van der Waals surface area (Å²) < 4.78 is 5.15. The standard InChI is InChI=1S/C31H35N5O4.C23H29N5O2/c1-20-7-6-10-25(15-20)26-16-27(33-18-26)30(38)35-21(2)29(37)34-17-22-11-13-24(14-12-22)28(32)36-31(39)40-19-23-8-4-3-5-9-23;1-14-4-3-5-18(10-14)19-11-20(26-13-19)23(30)28-15(2)22(29)27-12-16-6-8-17(9-7-16)21(24)25/h3-15,21,26-27,33H,16-19H2,1-2H3,(H,34,37)(H,35,38)(H2,32,36,39);3-10,15,19-20,26H,11-13H2,1-2H3,(H3,24,25)(H,27,29)(H,28,30)/t21-,26-,27+;15-,19-,20+/m00/s1. The minimum Gasteiger partial charge on any atom is -0.444 e. The number of hydrogen-bond acceptors (Lipinski definition) is 10. The molecule has 0 aliphatic carbocycles. The normalized spacial score (nSPS) is 17.9. The first-order chi connectivity index (χ1) is 33.6. The molecule has 366 valence electrons. The van der Waals surface area contributed by atoms with Crippen molar-refractivity contribution in [3.63, 3.8) is 0 Å². The molecule has 0 spiro atoms. The number of carbonyl (C=O) groups is 5. The zero-order chi connectivity index (χ0) is 50.2. The zero-order valence-electron chi connectivity index (χ0n) is 40.1. The first-order valence-electron chi connectivity index (χ1n) is 23.5. The summed E-state index contributed by atoms with van der Waals surface area (Å²) >= 11 is 0. The van der Waals surface area contributed by atoms with Crippen molar-refractivity contribution >= 4 is 41.4 Å². The third kappa shape index (κ3) is 15.4. The topological polar surface area (TPSA) is 253 Å². The highest BCUT2D eigenvalue weighted by atomic mass is 16.5. The molecule has 11 N–H and O–H groups in total. The van der Waals surface area contributed by atoms with E-state index in [9.17, 15) is 24.0 Å². The van der Waals surface area contributed by atoms with E-state index in [1.54, 1.807) is 50.2 Å². The molecule has 2 aliphatic heterocycles. The molecule has 7 rings (SSSR count). The molecule has 6 atom stereocenters. The first-order valence-corrected chi connectivity index (χ1v) is 23.5. The summed E-state index contributed by atoms with van der Waals surface area (Å²) in [5.41, 5.74) is 14.0. The molecule has 5 aromatic carbocycles. The van der Waals surface area contributed by atoms with Crippen LogP contribution in [0.1, 0.15) is 88.6 Å². The van der Waals surface area contributed by atoms with E-state index in [4.69, 9.17) is 21.3 Å². The number of aryl methyl sites for hydroxylation is 2.